The van der Waals surface area contributed by atoms with E-state index in [0.717, 1.165) is 17.5 Å². The molecule has 1 saturated heterocycles. The molecule has 6 nitrogen and oxygen atoms in total. The molecule has 0 aromatic heterocycles. The van der Waals surface area contributed by atoms with Crippen LogP contribution in [0.3, 0.4) is 0 Å². The summed E-state index contributed by atoms with van der Waals surface area (Å²) >= 11 is 0. The first-order chi connectivity index (χ1) is 17.6. The third-order valence-corrected chi connectivity index (χ3v) is 7.71. The van der Waals surface area contributed by atoms with E-state index in [1.165, 1.54) is 32.1 Å². The highest BCUT2D eigenvalue weighted by Crippen LogP contribution is 2.30. The number of hydrogen-bond donors (Lipinski definition) is 3. The molecule has 1 saturated carbocycles. The van der Waals surface area contributed by atoms with Gasteiger partial charge in [-0.3, -0.25) is 14.5 Å². The fraction of sp³-hybridized carbons (Fsp3) is 0.400. The largest absolute Gasteiger partial charge is 0.506 e. The maximum absolute atomic E-state index is 13.3. The van der Waals surface area contributed by atoms with Gasteiger partial charge < -0.3 is 15.7 Å². The first-order valence-electron chi connectivity index (χ1n) is 13.2. The molecule has 1 aliphatic heterocycles. The van der Waals surface area contributed by atoms with Crippen LogP contribution in [0.4, 0.5) is 0 Å². The Bertz CT molecular complexity index is 1210. The van der Waals surface area contributed by atoms with Crippen LogP contribution >= 0.6 is 0 Å². The molecule has 1 heterocycles. The number of phenolic OH excluding ortho intramolecular Hbond substituents is 1. The third-order valence-electron chi connectivity index (χ3n) is 7.71. The maximum atomic E-state index is 13.3. The van der Waals surface area contributed by atoms with Crippen molar-refractivity contribution in [3.05, 3.63) is 77.9 Å². The molecular formula is C30H35N3O3. The topological polar surface area (TPSA) is 81.7 Å². The van der Waals surface area contributed by atoms with Crippen LogP contribution in [-0.4, -0.2) is 47.0 Å². The van der Waals surface area contributed by atoms with Crippen molar-refractivity contribution in [2.75, 3.05) is 13.1 Å². The first-order valence-corrected chi connectivity index (χ1v) is 13.2. The van der Waals surface area contributed by atoms with Gasteiger partial charge in [0.2, 0.25) is 5.91 Å². The van der Waals surface area contributed by atoms with Crippen LogP contribution in [0.15, 0.2) is 66.7 Å². The molecule has 2 atom stereocenters. The van der Waals surface area contributed by atoms with E-state index >= 15 is 0 Å². The van der Waals surface area contributed by atoms with Crippen molar-refractivity contribution in [2.24, 2.45) is 5.92 Å². The van der Waals surface area contributed by atoms with Gasteiger partial charge in [0, 0.05) is 31.1 Å². The number of nitrogens with zero attached hydrogens (tertiary/aromatic N) is 1. The lowest BCUT2D eigenvalue weighted by Gasteiger charge is -2.30. The van der Waals surface area contributed by atoms with Gasteiger partial charge in [-0.25, -0.2) is 0 Å². The van der Waals surface area contributed by atoms with E-state index in [9.17, 15) is 14.7 Å². The number of hydrogen-bond acceptors (Lipinski definition) is 4. The fourth-order valence-corrected chi connectivity index (χ4v) is 5.79. The lowest BCUT2D eigenvalue weighted by molar-refractivity contribution is -0.125. The lowest BCUT2D eigenvalue weighted by Crippen LogP contribution is -2.45. The molecule has 6 heteroatoms. The monoisotopic (exact) mass is 485 g/mol. The number of nitrogens with one attached hydrogen (secondary N) is 2. The quantitative estimate of drug-likeness (QED) is 0.456. The molecule has 1 aliphatic carbocycles. The van der Waals surface area contributed by atoms with Crippen molar-refractivity contribution in [3.63, 3.8) is 0 Å². The summed E-state index contributed by atoms with van der Waals surface area (Å²) in [4.78, 5) is 28.7. The number of benzene rings is 3. The lowest BCUT2D eigenvalue weighted by atomic mass is 9.89. The van der Waals surface area contributed by atoms with Crippen molar-refractivity contribution in [3.8, 4) is 5.75 Å². The minimum atomic E-state index is -0.300. The second-order valence-corrected chi connectivity index (χ2v) is 10.3. The summed E-state index contributed by atoms with van der Waals surface area (Å²) in [7, 11) is 0. The minimum absolute atomic E-state index is 0.000173. The number of rotatable bonds is 7. The van der Waals surface area contributed by atoms with Crippen LogP contribution in [-0.2, 0) is 11.3 Å². The van der Waals surface area contributed by atoms with E-state index in [0.29, 0.717) is 30.8 Å². The molecule has 0 unspecified atom stereocenters. The van der Waals surface area contributed by atoms with Gasteiger partial charge in [-0.15, -0.1) is 0 Å². The van der Waals surface area contributed by atoms with Gasteiger partial charge in [-0.05, 0) is 42.2 Å². The summed E-state index contributed by atoms with van der Waals surface area (Å²) in [6.45, 7) is 2.02. The number of aromatic hydroxyl groups is 1. The summed E-state index contributed by atoms with van der Waals surface area (Å²) < 4.78 is 0. The Kier molecular flexibility index (Phi) is 7.52. The van der Waals surface area contributed by atoms with Gasteiger partial charge in [0.05, 0.1) is 11.6 Å². The molecule has 188 valence electrons. The molecule has 36 heavy (non-hydrogen) atoms. The average Bonchev–Trinajstić information content (AvgIpc) is 3.30. The van der Waals surface area contributed by atoms with E-state index in [2.05, 4.69) is 15.5 Å². The minimum Gasteiger partial charge on any atom is -0.506 e. The van der Waals surface area contributed by atoms with Crippen molar-refractivity contribution in [1.29, 1.82) is 0 Å². The Balaban J connectivity index is 1.28. The molecule has 5 rings (SSSR count). The van der Waals surface area contributed by atoms with Crippen LogP contribution in [0.1, 0.15) is 54.4 Å². The molecule has 3 N–H and O–H groups in total. The zero-order valence-corrected chi connectivity index (χ0v) is 20.7. The van der Waals surface area contributed by atoms with E-state index in [1.54, 1.807) is 6.07 Å². The number of amides is 2. The highest BCUT2D eigenvalue weighted by atomic mass is 16.3. The summed E-state index contributed by atoms with van der Waals surface area (Å²) in [5.41, 5.74) is 1.34. The standard InChI is InChI=1S/C30H35N3O3/c34-28-25-14-8-7-13-23(25)15-16-26(28)29(35)32-24-17-27(30(36)31-18-21-9-3-1-4-10-21)33(20-24)19-22-11-5-2-6-12-22/h1,3-4,7-10,13-16,22,24,27,34H,2,5-6,11-12,17-20H2,(H,31,36)(H,32,35)/t24-,27-/m0/s1. The first kappa shape index (κ1) is 24.3. The molecule has 0 bridgehead atoms. The third kappa shape index (κ3) is 5.54. The number of likely N-dealkylation sites (tertiary alicyclic amines) is 1. The normalized spacial score (nSPS) is 20.9. The number of carbonyl (C=O) groups is 2. The van der Waals surface area contributed by atoms with Gasteiger partial charge in [0.1, 0.15) is 5.75 Å². The summed E-state index contributed by atoms with van der Waals surface area (Å²) in [5.74, 6) is 0.313. The Hall–Kier alpha value is -3.38. The van der Waals surface area contributed by atoms with E-state index in [1.807, 2.05) is 60.7 Å². The SMILES string of the molecule is O=C(N[C@H]1C[C@@H](C(=O)NCc2ccccc2)N(CC2CCCCC2)C1)c1ccc2ccccc2c1O. The van der Waals surface area contributed by atoms with Crippen LogP contribution in [0, 0.1) is 5.92 Å². The highest BCUT2D eigenvalue weighted by Gasteiger charge is 2.38. The Morgan fingerprint density at radius 1 is 0.917 bits per heavy atom. The van der Waals surface area contributed by atoms with E-state index < -0.39 is 0 Å². The molecule has 3 aromatic rings. The Morgan fingerprint density at radius 3 is 2.47 bits per heavy atom. The molecule has 2 aliphatic rings. The second-order valence-electron chi connectivity index (χ2n) is 10.3. The molecule has 2 fully saturated rings. The van der Waals surface area contributed by atoms with Crippen LogP contribution < -0.4 is 10.6 Å². The molecule has 2 amide bonds. The zero-order chi connectivity index (χ0) is 24.9. The Morgan fingerprint density at radius 2 is 1.67 bits per heavy atom. The maximum Gasteiger partial charge on any atom is 0.255 e. The van der Waals surface area contributed by atoms with Gasteiger partial charge in [-0.2, -0.15) is 0 Å². The number of phenols is 1. The molecular weight excluding hydrogens is 450 g/mol. The van der Waals surface area contributed by atoms with Gasteiger partial charge in [0.15, 0.2) is 0 Å². The van der Waals surface area contributed by atoms with Gasteiger partial charge >= 0.3 is 0 Å². The van der Waals surface area contributed by atoms with Crippen molar-refractivity contribution < 1.29 is 14.7 Å². The predicted molar refractivity (Wildman–Crippen MR) is 142 cm³/mol. The van der Waals surface area contributed by atoms with Gasteiger partial charge in [0.25, 0.3) is 5.91 Å². The summed E-state index contributed by atoms with van der Waals surface area (Å²) in [6.07, 6.45) is 6.78. The zero-order valence-electron chi connectivity index (χ0n) is 20.7. The molecule has 0 radical (unpaired) electrons. The molecule has 3 aromatic carbocycles. The van der Waals surface area contributed by atoms with Crippen LogP contribution in [0.2, 0.25) is 0 Å². The van der Waals surface area contributed by atoms with Crippen molar-refractivity contribution >= 4 is 22.6 Å². The Labute approximate surface area is 212 Å². The van der Waals surface area contributed by atoms with Gasteiger partial charge in [-0.1, -0.05) is 79.9 Å². The predicted octanol–water partition coefficient (Wildman–Crippen LogP) is 4.61. The summed E-state index contributed by atoms with van der Waals surface area (Å²) in [5, 5.41) is 18.5. The average molecular weight is 486 g/mol. The summed E-state index contributed by atoms with van der Waals surface area (Å²) in [6, 6.07) is 20.5. The van der Waals surface area contributed by atoms with E-state index in [4.69, 9.17) is 0 Å². The van der Waals surface area contributed by atoms with Crippen molar-refractivity contribution in [2.45, 2.75) is 57.2 Å². The number of carbonyl (C=O) groups excluding carboxylic acids is 2. The number of fused-ring (bicyclic) bond motifs is 1. The molecule has 0 spiro atoms. The van der Waals surface area contributed by atoms with Crippen LogP contribution in [0.5, 0.6) is 5.75 Å². The van der Waals surface area contributed by atoms with E-state index in [-0.39, 0.29) is 35.2 Å². The smallest absolute Gasteiger partial charge is 0.255 e. The second kappa shape index (κ2) is 11.1. The van der Waals surface area contributed by atoms with Crippen molar-refractivity contribution in [1.82, 2.24) is 15.5 Å². The van der Waals surface area contributed by atoms with Crippen LogP contribution in [0.25, 0.3) is 10.8 Å². The highest BCUT2D eigenvalue weighted by molar-refractivity contribution is 6.03. The fourth-order valence-electron chi connectivity index (χ4n) is 5.79.